The van der Waals surface area contributed by atoms with E-state index in [1.165, 1.54) is 18.2 Å². The Kier molecular flexibility index (Phi) is 4.08. The van der Waals surface area contributed by atoms with Crippen molar-refractivity contribution in [1.82, 2.24) is 10.2 Å². The van der Waals surface area contributed by atoms with Gasteiger partial charge in [0.1, 0.15) is 0 Å². The lowest BCUT2D eigenvalue weighted by atomic mass is 10.1. The third-order valence-electron chi connectivity index (χ3n) is 2.42. The van der Waals surface area contributed by atoms with Gasteiger partial charge in [0.15, 0.2) is 0 Å². The highest BCUT2D eigenvalue weighted by atomic mass is 32.1. The van der Waals surface area contributed by atoms with Gasteiger partial charge in [0.05, 0.1) is 5.56 Å². The molecule has 2 aromatic rings. The van der Waals surface area contributed by atoms with E-state index in [2.05, 4.69) is 15.5 Å². The summed E-state index contributed by atoms with van der Waals surface area (Å²) in [5.41, 5.74) is -0.938. The van der Waals surface area contributed by atoms with Crippen LogP contribution in [0, 0.1) is 0 Å². The lowest BCUT2D eigenvalue weighted by Crippen LogP contribution is -2.11. The van der Waals surface area contributed by atoms with Gasteiger partial charge in [0.25, 0.3) is 0 Å². The third-order valence-corrected chi connectivity index (χ3v) is 3.35. The molecule has 0 aliphatic carbocycles. The first-order valence-corrected chi connectivity index (χ1v) is 6.29. The monoisotopic (exact) mass is 327 g/mol. The number of benzene rings is 1. The summed E-state index contributed by atoms with van der Waals surface area (Å²) in [5, 5.41) is 7.23. The molecule has 114 valence electrons. The zero-order valence-corrected chi connectivity index (χ0v) is 10.9. The van der Waals surface area contributed by atoms with Crippen LogP contribution in [0.15, 0.2) is 24.3 Å². The number of hydrogen-bond donors (Lipinski definition) is 1. The maximum absolute atomic E-state index is 12.7. The number of rotatable bonds is 3. The molecule has 1 N–H and O–H groups in total. The van der Waals surface area contributed by atoms with Crippen LogP contribution in [0.1, 0.15) is 16.1 Å². The van der Waals surface area contributed by atoms with Crippen molar-refractivity contribution >= 4 is 16.5 Å². The Labute approximate surface area is 118 Å². The van der Waals surface area contributed by atoms with Gasteiger partial charge in [-0.2, -0.15) is 26.3 Å². The average molecular weight is 327 g/mol. The smallest absolute Gasteiger partial charge is 0.356 e. The van der Waals surface area contributed by atoms with E-state index in [9.17, 15) is 26.3 Å². The highest BCUT2D eigenvalue weighted by molar-refractivity contribution is 7.15. The predicted octanol–water partition coefficient (Wildman–Crippen LogP) is 4.19. The molecule has 1 heterocycles. The summed E-state index contributed by atoms with van der Waals surface area (Å²) < 4.78 is 75.1. The second-order valence-electron chi connectivity index (χ2n) is 3.92. The number of anilines is 1. The van der Waals surface area contributed by atoms with Crippen LogP contribution < -0.4 is 5.32 Å². The fourth-order valence-electron chi connectivity index (χ4n) is 1.53. The van der Waals surface area contributed by atoms with Crippen molar-refractivity contribution in [3.63, 3.8) is 0 Å². The second kappa shape index (κ2) is 5.51. The number of halogens is 6. The first kappa shape index (κ1) is 15.5. The molecule has 0 unspecified atom stereocenters. The third kappa shape index (κ3) is 3.84. The molecular formula is C11H7F6N3S. The van der Waals surface area contributed by atoms with Crippen molar-refractivity contribution in [2.45, 2.75) is 18.9 Å². The minimum Gasteiger partial charge on any atom is -0.356 e. The summed E-state index contributed by atoms with van der Waals surface area (Å²) in [6.45, 7) is -0.303. The highest BCUT2D eigenvalue weighted by Crippen LogP contribution is 2.34. The zero-order chi connectivity index (χ0) is 15.7. The second-order valence-corrected chi connectivity index (χ2v) is 4.90. The van der Waals surface area contributed by atoms with Crippen LogP contribution in [-0.4, -0.2) is 10.2 Å². The molecule has 21 heavy (non-hydrogen) atoms. The largest absolute Gasteiger partial charge is 0.445 e. The number of hydrogen-bond acceptors (Lipinski definition) is 4. The summed E-state index contributed by atoms with van der Waals surface area (Å²) in [5.74, 6) is 0. The van der Waals surface area contributed by atoms with E-state index in [0.29, 0.717) is 0 Å². The molecule has 0 aliphatic rings. The molecule has 0 aliphatic heterocycles. The molecule has 1 aromatic carbocycles. The quantitative estimate of drug-likeness (QED) is 0.859. The predicted molar refractivity (Wildman–Crippen MR) is 63.7 cm³/mol. The van der Waals surface area contributed by atoms with Gasteiger partial charge < -0.3 is 5.32 Å². The van der Waals surface area contributed by atoms with Crippen LogP contribution in [0.5, 0.6) is 0 Å². The molecule has 1 aromatic heterocycles. The normalized spacial score (nSPS) is 12.5. The van der Waals surface area contributed by atoms with E-state index in [0.717, 1.165) is 6.07 Å². The number of nitrogens with one attached hydrogen (secondary N) is 1. The summed E-state index contributed by atoms with van der Waals surface area (Å²) in [6, 6.07) is 4.78. The van der Waals surface area contributed by atoms with Gasteiger partial charge in [-0.15, -0.1) is 10.2 Å². The van der Waals surface area contributed by atoms with Crippen molar-refractivity contribution in [3.05, 3.63) is 40.4 Å². The van der Waals surface area contributed by atoms with Crippen LogP contribution >= 0.6 is 11.3 Å². The standard InChI is InChI=1S/C11H7F6N3S/c12-10(13,14)7-4-2-1-3-6(7)5-18-9-20-19-8(21-9)11(15,16)17/h1-4H,5H2,(H,18,20). The Hall–Kier alpha value is -1.84. The van der Waals surface area contributed by atoms with E-state index >= 15 is 0 Å². The van der Waals surface area contributed by atoms with Crippen LogP contribution in [-0.2, 0) is 18.9 Å². The molecule has 3 nitrogen and oxygen atoms in total. The van der Waals surface area contributed by atoms with E-state index in [4.69, 9.17) is 0 Å². The molecule has 2 rings (SSSR count). The zero-order valence-electron chi connectivity index (χ0n) is 10.1. The highest BCUT2D eigenvalue weighted by Gasteiger charge is 2.36. The Morgan fingerprint density at radius 1 is 0.952 bits per heavy atom. The molecule has 0 saturated heterocycles. The average Bonchev–Trinajstić information content (AvgIpc) is 2.84. The minimum absolute atomic E-state index is 0.0891. The number of nitrogens with zero attached hydrogens (tertiary/aromatic N) is 2. The van der Waals surface area contributed by atoms with Crippen molar-refractivity contribution in [2.75, 3.05) is 5.32 Å². The SMILES string of the molecule is FC(F)(F)c1nnc(NCc2ccccc2C(F)(F)F)s1. The Morgan fingerprint density at radius 3 is 2.19 bits per heavy atom. The molecule has 0 amide bonds. The van der Waals surface area contributed by atoms with Crippen molar-refractivity contribution in [1.29, 1.82) is 0 Å². The first-order chi connectivity index (χ1) is 9.68. The van der Waals surface area contributed by atoms with Gasteiger partial charge in [0.2, 0.25) is 10.1 Å². The Balaban J connectivity index is 2.12. The van der Waals surface area contributed by atoms with Gasteiger partial charge in [0, 0.05) is 6.54 Å². The van der Waals surface area contributed by atoms with Gasteiger partial charge in [-0.3, -0.25) is 0 Å². The van der Waals surface area contributed by atoms with E-state index in [1.807, 2.05) is 0 Å². The summed E-state index contributed by atoms with van der Waals surface area (Å²) in [6.07, 6.45) is -9.15. The Morgan fingerprint density at radius 2 is 1.62 bits per heavy atom. The van der Waals surface area contributed by atoms with Crippen LogP contribution in [0.4, 0.5) is 31.5 Å². The minimum atomic E-state index is -4.62. The molecule has 0 saturated carbocycles. The van der Waals surface area contributed by atoms with Crippen LogP contribution in [0.2, 0.25) is 0 Å². The molecule has 0 atom stereocenters. The lowest BCUT2D eigenvalue weighted by Gasteiger charge is -2.12. The fraction of sp³-hybridized carbons (Fsp3) is 0.273. The van der Waals surface area contributed by atoms with Gasteiger partial charge in [-0.05, 0) is 11.6 Å². The topological polar surface area (TPSA) is 37.8 Å². The first-order valence-electron chi connectivity index (χ1n) is 5.47. The fourth-order valence-corrected chi connectivity index (χ4v) is 2.14. The summed E-state index contributed by atoms with van der Waals surface area (Å²) in [7, 11) is 0. The van der Waals surface area contributed by atoms with Gasteiger partial charge in [-0.1, -0.05) is 29.5 Å². The lowest BCUT2D eigenvalue weighted by molar-refractivity contribution is -0.138. The molecule has 0 spiro atoms. The van der Waals surface area contributed by atoms with Crippen molar-refractivity contribution in [2.24, 2.45) is 0 Å². The molecule has 0 radical (unpaired) electrons. The van der Waals surface area contributed by atoms with Gasteiger partial charge in [-0.25, -0.2) is 0 Å². The summed E-state index contributed by atoms with van der Waals surface area (Å²) >= 11 is 0.233. The van der Waals surface area contributed by atoms with E-state index in [-0.39, 0.29) is 28.6 Å². The van der Waals surface area contributed by atoms with E-state index in [1.54, 1.807) is 0 Å². The molecular weight excluding hydrogens is 320 g/mol. The summed E-state index contributed by atoms with van der Waals surface area (Å²) in [4.78, 5) is 0. The maximum atomic E-state index is 12.7. The van der Waals surface area contributed by atoms with E-state index < -0.39 is 22.9 Å². The van der Waals surface area contributed by atoms with Crippen molar-refractivity contribution in [3.8, 4) is 0 Å². The molecule has 0 bridgehead atoms. The van der Waals surface area contributed by atoms with Crippen LogP contribution in [0.25, 0.3) is 0 Å². The molecule has 10 heteroatoms. The number of alkyl halides is 6. The number of aromatic nitrogens is 2. The van der Waals surface area contributed by atoms with Crippen LogP contribution in [0.3, 0.4) is 0 Å². The molecule has 0 fully saturated rings. The Bertz CT molecular complexity index is 619. The van der Waals surface area contributed by atoms with Gasteiger partial charge >= 0.3 is 12.4 Å². The van der Waals surface area contributed by atoms with Crippen molar-refractivity contribution < 1.29 is 26.3 Å². The maximum Gasteiger partial charge on any atom is 0.445 e.